The van der Waals surface area contributed by atoms with E-state index in [0.29, 0.717) is 0 Å². The van der Waals surface area contributed by atoms with Crippen molar-refractivity contribution in [3.63, 3.8) is 0 Å². The van der Waals surface area contributed by atoms with E-state index in [4.69, 9.17) is 4.74 Å². The van der Waals surface area contributed by atoms with Crippen LogP contribution < -0.4 is 5.32 Å². The number of piperidine rings is 1. The van der Waals surface area contributed by atoms with Crippen LogP contribution in [0.2, 0.25) is 0 Å². The molecule has 4 unspecified atom stereocenters. The maximum Gasteiger partial charge on any atom is 0.311 e. The predicted octanol–water partition coefficient (Wildman–Crippen LogP) is 1.00. The van der Waals surface area contributed by atoms with Crippen molar-refractivity contribution < 1.29 is 14.3 Å². The van der Waals surface area contributed by atoms with Crippen LogP contribution in [0.5, 0.6) is 0 Å². The van der Waals surface area contributed by atoms with Crippen LogP contribution in [0.25, 0.3) is 0 Å². The molecule has 4 atom stereocenters. The molecule has 110 valence electrons. The first-order chi connectivity index (χ1) is 10.1. The molecule has 1 amide bonds. The zero-order valence-electron chi connectivity index (χ0n) is 11.9. The lowest BCUT2D eigenvalue weighted by atomic mass is 9.71. The summed E-state index contributed by atoms with van der Waals surface area (Å²) in [4.78, 5) is 28.2. The van der Waals surface area contributed by atoms with Crippen molar-refractivity contribution in [2.75, 3.05) is 6.61 Å². The topological polar surface area (TPSA) is 92.1 Å². The number of carbonyl (C=O) groups is 2. The van der Waals surface area contributed by atoms with Crippen LogP contribution in [0.3, 0.4) is 0 Å². The highest BCUT2D eigenvalue weighted by Crippen LogP contribution is 2.38. The molecule has 0 aliphatic carbocycles. The van der Waals surface area contributed by atoms with Gasteiger partial charge in [-0.3, -0.25) is 14.6 Å². The second-order valence-corrected chi connectivity index (χ2v) is 4.99. The summed E-state index contributed by atoms with van der Waals surface area (Å²) in [6, 6.07) is 5.08. The van der Waals surface area contributed by atoms with Gasteiger partial charge in [0.1, 0.15) is 5.92 Å². The molecule has 0 saturated carbocycles. The molecule has 6 heteroatoms. The second-order valence-electron chi connectivity index (χ2n) is 4.99. The van der Waals surface area contributed by atoms with Crippen molar-refractivity contribution in [1.29, 1.82) is 5.26 Å². The van der Waals surface area contributed by atoms with Gasteiger partial charge >= 0.3 is 5.97 Å². The number of hydrogen-bond donors (Lipinski definition) is 1. The molecule has 2 heterocycles. The van der Waals surface area contributed by atoms with Crippen LogP contribution in [0.15, 0.2) is 24.5 Å². The number of ether oxygens (including phenoxy) is 1. The maximum atomic E-state index is 12.3. The van der Waals surface area contributed by atoms with Gasteiger partial charge in [0.05, 0.1) is 18.6 Å². The van der Waals surface area contributed by atoms with E-state index in [1.54, 1.807) is 38.4 Å². The van der Waals surface area contributed by atoms with Gasteiger partial charge < -0.3 is 10.1 Å². The van der Waals surface area contributed by atoms with Crippen molar-refractivity contribution in [2.45, 2.75) is 25.8 Å². The third-order valence-corrected chi connectivity index (χ3v) is 3.73. The Kier molecular flexibility index (Phi) is 4.53. The molecule has 2 rings (SSSR count). The zero-order valence-corrected chi connectivity index (χ0v) is 11.9. The van der Waals surface area contributed by atoms with Crippen LogP contribution in [-0.2, 0) is 14.3 Å². The van der Waals surface area contributed by atoms with Gasteiger partial charge in [-0.1, -0.05) is 0 Å². The molecule has 0 spiro atoms. The molecule has 1 aliphatic rings. The van der Waals surface area contributed by atoms with Crippen molar-refractivity contribution >= 4 is 11.9 Å². The number of hydrogen-bond acceptors (Lipinski definition) is 5. The van der Waals surface area contributed by atoms with Crippen LogP contribution in [0.1, 0.15) is 25.3 Å². The number of nitrogens with zero attached hydrogens (tertiary/aromatic N) is 2. The average molecular weight is 287 g/mol. The molecular formula is C15H17N3O3. The van der Waals surface area contributed by atoms with Crippen LogP contribution in [0.4, 0.5) is 0 Å². The minimum Gasteiger partial charge on any atom is -0.466 e. The van der Waals surface area contributed by atoms with E-state index >= 15 is 0 Å². The predicted molar refractivity (Wildman–Crippen MR) is 73.8 cm³/mol. The Morgan fingerprint density at radius 3 is 2.71 bits per heavy atom. The number of esters is 1. The fraction of sp³-hybridized carbons (Fsp3) is 0.467. The molecule has 6 nitrogen and oxygen atoms in total. The Morgan fingerprint density at radius 2 is 2.14 bits per heavy atom. The molecule has 1 saturated heterocycles. The number of amides is 1. The first kappa shape index (κ1) is 15.0. The van der Waals surface area contributed by atoms with Crippen molar-refractivity contribution in [2.24, 2.45) is 11.8 Å². The monoisotopic (exact) mass is 287 g/mol. The third kappa shape index (κ3) is 2.87. The quantitative estimate of drug-likeness (QED) is 0.837. The molecule has 0 bridgehead atoms. The minimum atomic E-state index is -0.919. The summed E-state index contributed by atoms with van der Waals surface area (Å²) in [7, 11) is 0. The number of nitriles is 1. The van der Waals surface area contributed by atoms with E-state index in [1.165, 1.54) is 0 Å². The zero-order chi connectivity index (χ0) is 15.4. The van der Waals surface area contributed by atoms with Gasteiger partial charge in [0, 0.05) is 24.4 Å². The maximum absolute atomic E-state index is 12.3. The Bertz CT molecular complexity index is 567. The summed E-state index contributed by atoms with van der Waals surface area (Å²) in [5, 5.41) is 12.0. The fourth-order valence-electron chi connectivity index (χ4n) is 2.80. The molecule has 1 aromatic heterocycles. The highest BCUT2D eigenvalue weighted by molar-refractivity contribution is 5.87. The molecule has 1 N–H and O–H groups in total. The number of carbonyl (C=O) groups excluding carboxylic acids is 2. The van der Waals surface area contributed by atoms with Gasteiger partial charge in [-0.15, -0.1) is 0 Å². The Hall–Kier alpha value is -2.42. The smallest absolute Gasteiger partial charge is 0.311 e. The lowest BCUT2D eigenvalue weighted by molar-refractivity contribution is -0.152. The second kappa shape index (κ2) is 6.35. The van der Waals surface area contributed by atoms with Crippen molar-refractivity contribution in [1.82, 2.24) is 10.3 Å². The number of rotatable bonds is 3. The van der Waals surface area contributed by atoms with Crippen molar-refractivity contribution in [3.8, 4) is 6.07 Å². The average Bonchev–Trinajstić information content (AvgIpc) is 2.47. The Balaban J connectivity index is 2.46. The Labute approximate surface area is 123 Å². The highest BCUT2D eigenvalue weighted by Gasteiger charge is 2.47. The normalized spacial score (nSPS) is 28.3. The molecular weight excluding hydrogens is 270 g/mol. The first-order valence-corrected chi connectivity index (χ1v) is 6.86. The molecule has 1 fully saturated rings. The molecule has 1 aliphatic heterocycles. The summed E-state index contributed by atoms with van der Waals surface area (Å²) in [5.74, 6) is -2.78. The number of aromatic nitrogens is 1. The number of nitrogens with one attached hydrogen (secondary N) is 1. The van der Waals surface area contributed by atoms with Gasteiger partial charge in [0.2, 0.25) is 5.91 Å². The molecule has 21 heavy (non-hydrogen) atoms. The summed E-state index contributed by atoms with van der Waals surface area (Å²) in [6.45, 7) is 3.74. The minimum absolute atomic E-state index is 0.260. The van der Waals surface area contributed by atoms with E-state index in [0.717, 1.165) is 5.56 Å². The number of pyridine rings is 1. The summed E-state index contributed by atoms with van der Waals surface area (Å²) >= 11 is 0. The first-order valence-electron chi connectivity index (χ1n) is 6.86. The third-order valence-electron chi connectivity index (χ3n) is 3.73. The molecule has 0 aromatic carbocycles. The van der Waals surface area contributed by atoms with E-state index in [9.17, 15) is 14.9 Å². The van der Waals surface area contributed by atoms with E-state index in [2.05, 4.69) is 10.3 Å². The van der Waals surface area contributed by atoms with E-state index in [1.807, 2.05) is 6.07 Å². The van der Waals surface area contributed by atoms with Gasteiger partial charge in [-0.2, -0.15) is 5.26 Å². The van der Waals surface area contributed by atoms with Gasteiger partial charge in [-0.05, 0) is 31.5 Å². The van der Waals surface area contributed by atoms with Crippen LogP contribution in [-0.4, -0.2) is 29.5 Å². The summed E-state index contributed by atoms with van der Waals surface area (Å²) < 4.78 is 5.12. The summed E-state index contributed by atoms with van der Waals surface area (Å²) in [5.41, 5.74) is 0.747. The van der Waals surface area contributed by atoms with Crippen LogP contribution in [0, 0.1) is 23.2 Å². The van der Waals surface area contributed by atoms with Gasteiger partial charge in [0.15, 0.2) is 0 Å². The highest BCUT2D eigenvalue weighted by atomic mass is 16.5. The molecule has 1 aromatic rings. The summed E-state index contributed by atoms with van der Waals surface area (Å²) in [6.07, 6.45) is 3.17. The van der Waals surface area contributed by atoms with E-state index in [-0.39, 0.29) is 18.6 Å². The Morgan fingerprint density at radius 1 is 1.48 bits per heavy atom. The lowest BCUT2D eigenvalue weighted by Crippen LogP contribution is -2.54. The van der Waals surface area contributed by atoms with Gasteiger partial charge in [0.25, 0.3) is 0 Å². The van der Waals surface area contributed by atoms with Crippen LogP contribution >= 0.6 is 0 Å². The molecule has 0 radical (unpaired) electrons. The SMILES string of the molecule is CCOC(=O)C1C(C)NC(=O)C(C#N)C1c1ccncc1. The largest absolute Gasteiger partial charge is 0.466 e. The van der Waals surface area contributed by atoms with Gasteiger partial charge in [-0.25, -0.2) is 0 Å². The lowest BCUT2D eigenvalue weighted by Gasteiger charge is -2.37. The van der Waals surface area contributed by atoms with E-state index < -0.39 is 23.7 Å². The fourth-order valence-corrected chi connectivity index (χ4v) is 2.80. The van der Waals surface area contributed by atoms with Crippen molar-refractivity contribution in [3.05, 3.63) is 30.1 Å². The standard InChI is InChI=1S/C15H17N3O3/c1-3-21-15(20)12-9(2)18-14(19)11(8-16)13(12)10-4-6-17-7-5-10/h4-7,9,11-13H,3H2,1-2H3,(H,18,19).